The maximum atomic E-state index is 11.3. The lowest BCUT2D eigenvalue weighted by Gasteiger charge is -2.34. The average molecular weight is 312 g/mol. The van der Waals surface area contributed by atoms with Crippen LogP contribution in [-0.4, -0.2) is 30.6 Å². The zero-order valence-electron chi connectivity index (χ0n) is 12.5. The van der Waals surface area contributed by atoms with Crippen LogP contribution in [-0.2, 0) is 0 Å². The molecule has 1 aliphatic rings. The van der Waals surface area contributed by atoms with E-state index < -0.39 is 0 Å². The van der Waals surface area contributed by atoms with Crippen LogP contribution >= 0.6 is 11.6 Å². The van der Waals surface area contributed by atoms with Crippen molar-refractivity contribution < 1.29 is 4.92 Å². The Balaban J connectivity index is 2.14. The SMILES string of the molecule is CC(C)NCC1CCCN(c2cccc(Cl)c2[N+](=O)[O-])C1. The van der Waals surface area contributed by atoms with Crippen molar-refractivity contribution in [3.05, 3.63) is 33.3 Å². The Hall–Kier alpha value is -1.33. The van der Waals surface area contributed by atoms with Gasteiger partial charge in [0.25, 0.3) is 0 Å². The number of para-hydroxylation sites is 1. The highest BCUT2D eigenvalue weighted by Crippen LogP contribution is 2.36. The summed E-state index contributed by atoms with van der Waals surface area (Å²) in [5, 5.41) is 14.9. The highest BCUT2D eigenvalue weighted by atomic mass is 35.5. The number of hydrogen-bond donors (Lipinski definition) is 1. The fraction of sp³-hybridized carbons (Fsp3) is 0.600. The molecule has 1 aromatic carbocycles. The van der Waals surface area contributed by atoms with E-state index in [4.69, 9.17) is 11.6 Å². The van der Waals surface area contributed by atoms with Gasteiger partial charge in [-0.15, -0.1) is 0 Å². The first-order valence-electron chi connectivity index (χ1n) is 7.40. The molecule has 21 heavy (non-hydrogen) atoms. The normalized spacial score (nSPS) is 19.0. The van der Waals surface area contributed by atoms with Gasteiger partial charge in [-0.05, 0) is 37.4 Å². The Labute approximate surface area is 130 Å². The Kier molecular flexibility index (Phi) is 5.42. The van der Waals surface area contributed by atoms with Gasteiger partial charge in [0, 0.05) is 19.1 Å². The van der Waals surface area contributed by atoms with Crippen LogP contribution in [0.15, 0.2) is 18.2 Å². The zero-order valence-corrected chi connectivity index (χ0v) is 13.3. The molecule has 0 amide bonds. The van der Waals surface area contributed by atoms with Gasteiger partial charge in [0.05, 0.1) is 4.92 Å². The van der Waals surface area contributed by atoms with E-state index in [2.05, 4.69) is 24.1 Å². The fourth-order valence-electron chi connectivity index (χ4n) is 2.79. The molecule has 5 nitrogen and oxygen atoms in total. The monoisotopic (exact) mass is 311 g/mol. The van der Waals surface area contributed by atoms with Crippen molar-refractivity contribution in [1.82, 2.24) is 5.32 Å². The second-order valence-corrected chi connectivity index (χ2v) is 6.29. The molecule has 1 aromatic rings. The Morgan fingerprint density at radius 2 is 2.29 bits per heavy atom. The van der Waals surface area contributed by atoms with Crippen LogP contribution in [0.2, 0.25) is 5.02 Å². The van der Waals surface area contributed by atoms with Gasteiger partial charge in [-0.1, -0.05) is 31.5 Å². The molecule has 0 spiro atoms. The largest absolute Gasteiger partial charge is 0.366 e. The van der Waals surface area contributed by atoms with Gasteiger partial charge in [-0.3, -0.25) is 10.1 Å². The van der Waals surface area contributed by atoms with Gasteiger partial charge in [0.15, 0.2) is 0 Å². The minimum atomic E-state index is -0.381. The van der Waals surface area contributed by atoms with Crippen LogP contribution in [0.25, 0.3) is 0 Å². The van der Waals surface area contributed by atoms with E-state index in [0.717, 1.165) is 32.5 Å². The van der Waals surface area contributed by atoms with E-state index in [1.54, 1.807) is 18.2 Å². The number of nitrogens with one attached hydrogen (secondary N) is 1. The summed E-state index contributed by atoms with van der Waals surface area (Å²) in [5.41, 5.74) is 0.665. The van der Waals surface area contributed by atoms with E-state index >= 15 is 0 Å². The summed E-state index contributed by atoms with van der Waals surface area (Å²) in [6.07, 6.45) is 2.21. The maximum absolute atomic E-state index is 11.3. The van der Waals surface area contributed by atoms with Crippen molar-refractivity contribution >= 4 is 23.0 Å². The molecular weight excluding hydrogens is 290 g/mol. The summed E-state index contributed by atoms with van der Waals surface area (Å²) in [6, 6.07) is 5.61. The summed E-state index contributed by atoms with van der Waals surface area (Å²) >= 11 is 6.00. The van der Waals surface area contributed by atoms with Crippen molar-refractivity contribution in [3.8, 4) is 0 Å². The molecule has 1 unspecified atom stereocenters. The first-order chi connectivity index (χ1) is 9.99. The maximum Gasteiger partial charge on any atom is 0.310 e. The minimum absolute atomic E-state index is 0.0247. The number of nitro groups is 1. The highest BCUT2D eigenvalue weighted by Gasteiger charge is 2.27. The number of piperidine rings is 1. The predicted octanol–water partition coefficient (Wildman–Crippen LogP) is 3.46. The standard InChI is InChI=1S/C15H22ClN3O2/c1-11(2)17-9-12-5-4-8-18(10-12)14-7-3-6-13(16)15(14)19(20)21/h3,6-7,11-12,17H,4-5,8-10H2,1-2H3. The van der Waals surface area contributed by atoms with Crippen molar-refractivity contribution in [1.29, 1.82) is 0 Å². The third-order valence-electron chi connectivity index (χ3n) is 3.82. The van der Waals surface area contributed by atoms with Crippen molar-refractivity contribution in [2.45, 2.75) is 32.7 Å². The molecule has 0 bridgehead atoms. The second kappa shape index (κ2) is 7.09. The van der Waals surface area contributed by atoms with Gasteiger partial charge in [-0.2, -0.15) is 0 Å². The molecule has 116 valence electrons. The number of nitrogens with zero attached hydrogens (tertiary/aromatic N) is 2. The third kappa shape index (κ3) is 4.08. The average Bonchev–Trinajstić information content (AvgIpc) is 2.44. The molecule has 1 aliphatic heterocycles. The van der Waals surface area contributed by atoms with Gasteiger partial charge in [0.1, 0.15) is 10.7 Å². The Morgan fingerprint density at radius 3 is 2.95 bits per heavy atom. The number of rotatable bonds is 5. The summed E-state index contributed by atoms with van der Waals surface area (Å²) < 4.78 is 0. The summed E-state index contributed by atoms with van der Waals surface area (Å²) in [4.78, 5) is 13.0. The lowest BCUT2D eigenvalue weighted by atomic mass is 9.97. The smallest absolute Gasteiger partial charge is 0.310 e. The molecule has 1 fully saturated rings. The van der Waals surface area contributed by atoms with E-state index in [-0.39, 0.29) is 15.6 Å². The second-order valence-electron chi connectivity index (χ2n) is 5.88. The van der Waals surface area contributed by atoms with E-state index in [0.29, 0.717) is 17.6 Å². The van der Waals surface area contributed by atoms with Gasteiger partial charge < -0.3 is 10.2 Å². The van der Waals surface area contributed by atoms with Crippen molar-refractivity contribution in [2.75, 3.05) is 24.5 Å². The number of halogens is 1. The number of nitro benzene ring substituents is 1. The lowest BCUT2D eigenvalue weighted by Crippen LogP contribution is -2.41. The molecule has 0 saturated carbocycles. The van der Waals surface area contributed by atoms with Crippen LogP contribution < -0.4 is 10.2 Å². The predicted molar refractivity (Wildman–Crippen MR) is 86.2 cm³/mol. The van der Waals surface area contributed by atoms with Crippen LogP contribution in [0.3, 0.4) is 0 Å². The number of hydrogen-bond acceptors (Lipinski definition) is 4. The molecule has 1 atom stereocenters. The minimum Gasteiger partial charge on any atom is -0.366 e. The first-order valence-corrected chi connectivity index (χ1v) is 7.78. The Morgan fingerprint density at radius 1 is 1.52 bits per heavy atom. The highest BCUT2D eigenvalue weighted by molar-refractivity contribution is 6.33. The molecule has 0 aromatic heterocycles. The van der Waals surface area contributed by atoms with Gasteiger partial charge in [0.2, 0.25) is 0 Å². The first kappa shape index (κ1) is 16.0. The molecule has 1 saturated heterocycles. The van der Waals surface area contributed by atoms with Crippen molar-refractivity contribution in [2.24, 2.45) is 5.92 Å². The molecule has 0 radical (unpaired) electrons. The topological polar surface area (TPSA) is 58.4 Å². The van der Waals surface area contributed by atoms with Crippen LogP contribution in [0.4, 0.5) is 11.4 Å². The van der Waals surface area contributed by atoms with Crippen LogP contribution in [0.5, 0.6) is 0 Å². The molecular formula is C15H22ClN3O2. The molecule has 6 heteroatoms. The van der Waals surface area contributed by atoms with E-state index in [1.165, 1.54) is 0 Å². The van der Waals surface area contributed by atoms with Gasteiger partial charge >= 0.3 is 5.69 Å². The van der Waals surface area contributed by atoms with Crippen LogP contribution in [0.1, 0.15) is 26.7 Å². The summed E-state index contributed by atoms with van der Waals surface area (Å²) in [5.74, 6) is 0.514. The summed E-state index contributed by atoms with van der Waals surface area (Å²) in [6.45, 7) is 6.88. The van der Waals surface area contributed by atoms with E-state index in [1.807, 2.05) is 0 Å². The number of benzene rings is 1. The third-order valence-corrected chi connectivity index (χ3v) is 4.13. The molecule has 0 aliphatic carbocycles. The number of anilines is 1. The van der Waals surface area contributed by atoms with Crippen LogP contribution in [0, 0.1) is 16.0 Å². The fourth-order valence-corrected chi connectivity index (χ4v) is 3.03. The Bertz CT molecular complexity index is 508. The zero-order chi connectivity index (χ0) is 15.4. The molecule has 1 heterocycles. The molecule has 2 rings (SSSR count). The quantitative estimate of drug-likeness (QED) is 0.668. The summed E-state index contributed by atoms with van der Waals surface area (Å²) in [7, 11) is 0. The lowest BCUT2D eigenvalue weighted by molar-refractivity contribution is -0.384. The van der Waals surface area contributed by atoms with Gasteiger partial charge in [-0.25, -0.2) is 0 Å². The van der Waals surface area contributed by atoms with Crippen molar-refractivity contribution in [3.63, 3.8) is 0 Å². The van der Waals surface area contributed by atoms with E-state index in [9.17, 15) is 10.1 Å². The molecule has 1 N–H and O–H groups in total.